The highest BCUT2D eigenvalue weighted by Gasteiger charge is 2.30. The van der Waals surface area contributed by atoms with E-state index in [0.717, 1.165) is 31.6 Å². The van der Waals surface area contributed by atoms with Gasteiger partial charge in [-0.25, -0.2) is 4.79 Å². The van der Waals surface area contributed by atoms with Gasteiger partial charge in [0.2, 0.25) is 0 Å². The maximum atomic E-state index is 11.0. The molecular formula is C13H23N3O2. The summed E-state index contributed by atoms with van der Waals surface area (Å²) in [6, 6.07) is 0.762. The molecule has 3 rings (SSSR count). The molecule has 0 aromatic rings. The third-order valence-corrected chi connectivity index (χ3v) is 4.51. The molecule has 18 heavy (non-hydrogen) atoms. The van der Waals surface area contributed by atoms with Crippen molar-refractivity contribution in [1.82, 2.24) is 15.5 Å². The highest BCUT2D eigenvalue weighted by Crippen LogP contribution is 2.25. The van der Waals surface area contributed by atoms with Gasteiger partial charge in [-0.3, -0.25) is 4.90 Å². The van der Waals surface area contributed by atoms with E-state index in [-0.39, 0.29) is 12.2 Å². The van der Waals surface area contributed by atoms with E-state index < -0.39 is 0 Å². The van der Waals surface area contributed by atoms with Crippen molar-refractivity contribution >= 4 is 6.09 Å². The molecule has 0 aromatic carbocycles. The van der Waals surface area contributed by atoms with E-state index in [1.54, 1.807) is 0 Å². The Balaban J connectivity index is 1.41. The minimum atomic E-state index is -0.259. The molecule has 3 fully saturated rings. The van der Waals surface area contributed by atoms with Gasteiger partial charge >= 0.3 is 6.09 Å². The zero-order valence-corrected chi connectivity index (χ0v) is 10.9. The minimum Gasteiger partial charge on any atom is -0.443 e. The summed E-state index contributed by atoms with van der Waals surface area (Å²) in [6.45, 7) is 5.06. The van der Waals surface area contributed by atoms with E-state index in [2.05, 4.69) is 15.5 Å². The van der Waals surface area contributed by atoms with E-state index in [9.17, 15) is 4.79 Å². The molecule has 2 atom stereocenters. The van der Waals surface area contributed by atoms with Crippen LogP contribution >= 0.6 is 0 Å². The molecular weight excluding hydrogens is 230 g/mol. The van der Waals surface area contributed by atoms with Crippen LogP contribution in [0.5, 0.6) is 0 Å². The molecule has 0 radical (unpaired) electrons. The molecule has 102 valence electrons. The Morgan fingerprint density at radius 3 is 2.72 bits per heavy atom. The number of hydrogen-bond donors (Lipinski definition) is 2. The van der Waals surface area contributed by atoms with E-state index in [4.69, 9.17) is 4.74 Å². The number of hydrogen-bond acceptors (Lipinski definition) is 4. The Labute approximate surface area is 108 Å². The van der Waals surface area contributed by atoms with Gasteiger partial charge in [0.25, 0.3) is 0 Å². The molecule has 3 aliphatic heterocycles. The van der Waals surface area contributed by atoms with Crippen LogP contribution in [0.1, 0.15) is 25.7 Å². The van der Waals surface area contributed by atoms with Crippen LogP contribution in [0.4, 0.5) is 4.79 Å². The number of ether oxygens (including phenoxy) is 1. The normalized spacial score (nSPS) is 34.6. The Morgan fingerprint density at radius 1 is 1.28 bits per heavy atom. The molecule has 3 saturated heterocycles. The van der Waals surface area contributed by atoms with Crippen molar-refractivity contribution in [1.29, 1.82) is 0 Å². The van der Waals surface area contributed by atoms with Crippen LogP contribution in [0.25, 0.3) is 0 Å². The first kappa shape index (κ1) is 12.2. The predicted molar refractivity (Wildman–Crippen MR) is 68.5 cm³/mol. The van der Waals surface area contributed by atoms with Crippen molar-refractivity contribution in [2.45, 2.75) is 37.8 Å². The summed E-state index contributed by atoms with van der Waals surface area (Å²) in [4.78, 5) is 13.4. The summed E-state index contributed by atoms with van der Waals surface area (Å²) in [6.07, 6.45) is 5.06. The summed E-state index contributed by atoms with van der Waals surface area (Å²) in [5.41, 5.74) is 0. The number of alkyl carbamates (subject to hydrolysis) is 1. The fourth-order valence-corrected chi connectivity index (χ4v) is 3.47. The van der Waals surface area contributed by atoms with Crippen LogP contribution in [0, 0.1) is 5.92 Å². The fourth-order valence-electron chi connectivity index (χ4n) is 3.47. The van der Waals surface area contributed by atoms with Crippen LogP contribution in [0.3, 0.4) is 0 Å². The smallest absolute Gasteiger partial charge is 0.407 e. The van der Waals surface area contributed by atoms with Gasteiger partial charge < -0.3 is 15.4 Å². The van der Waals surface area contributed by atoms with E-state index in [0.29, 0.717) is 6.54 Å². The molecule has 1 amide bonds. The third kappa shape index (κ3) is 2.78. The first-order valence-electron chi connectivity index (χ1n) is 7.21. The largest absolute Gasteiger partial charge is 0.443 e. The number of likely N-dealkylation sites (tertiary alicyclic amines) is 1. The van der Waals surface area contributed by atoms with Gasteiger partial charge in [0.1, 0.15) is 6.10 Å². The van der Waals surface area contributed by atoms with Gasteiger partial charge in [-0.1, -0.05) is 0 Å². The summed E-state index contributed by atoms with van der Waals surface area (Å²) in [7, 11) is 0. The molecule has 5 heteroatoms. The van der Waals surface area contributed by atoms with Crippen molar-refractivity contribution in [3.05, 3.63) is 0 Å². The zero-order chi connectivity index (χ0) is 12.4. The number of carbonyl (C=O) groups excluding carboxylic acids is 1. The first-order valence-corrected chi connectivity index (χ1v) is 7.21. The number of piperidine rings is 1. The molecule has 3 heterocycles. The Bertz CT molecular complexity index is 297. The molecule has 2 unspecified atom stereocenters. The van der Waals surface area contributed by atoms with Gasteiger partial charge in [-0.15, -0.1) is 0 Å². The monoisotopic (exact) mass is 253 g/mol. The summed E-state index contributed by atoms with van der Waals surface area (Å²) >= 11 is 0. The van der Waals surface area contributed by atoms with E-state index in [1.807, 2.05) is 0 Å². The Kier molecular flexibility index (Phi) is 3.70. The van der Waals surface area contributed by atoms with Crippen LogP contribution < -0.4 is 10.6 Å². The summed E-state index contributed by atoms with van der Waals surface area (Å²) < 4.78 is 5.19. The summed E-state index contributed by atoms with van der Waals surface area (Å²) in [5, 5.41) is 6.34. The number of carbonyl (C=O) groups is 1. The quantitative estimate of drug-likeness (QED) is 0.771. The molecule has 0 aromatic heterocycles. The van der Waals surface area contributed by atoms with E-state index in [1.165, 1.54) is 32.2 Å². The number of amides is 1. The molecule has 0 aliphatic carbocycles. The molecule has 2 N–H and O–H groups in total. The van der Waals surface area contributed by atoms with Crippen molar-refractivity contribution in [2.24, 2.45) is 5.92 Å². The fraction of sp³-hybridized carbons (Fsp3) is 0.923. The highest BCUT2D eigenvalue weighted by molar-refractivity contribution is 5.69. The van der Waals surface area contributed by atoms with Crippen LogP contribution in [0.15, 0.2) is 0 Å². The lowest BCUT2D eigenvalue weighted by molar-refractivity contribution is 0.0869. The van der Waals surface area contributed by atoms with Crippen LogP contribution in [-0.2, 0) is 4.74 Å². The molecule has 0 bridgehead atoms. The Hall–Kier alpha value is -0.810. The number of rotatable bonds is 3. The van der Waals surface area contributed by atoms with Crippen LogP contribution in [0.2, 0.25) is 0 Å². The Morgan fingerprint density at radius 2 is 2.11 bits per heavy atom. The lowest BCUT2D eigenvalue weighted by Crippen LogP contribution is -2.43. The first-order chi connectivity index (χ1) is 8.81. The van der Waals surface area contributed by atoms with Gasteiger partial charge in [0, 0.05) is 12.6 Å². The van der Waals surface area contributed by atoms with Crippen molar-refractivity contribution in [3.63, 3.8) is 0 Å². The van der Waals surface area contributed by atoms with Crippen LogP contribution in [-0.4, -0.2) is 55.9 Å². The second-order valence-electron chi connectivity index (χ2n) is 5.75. The average molecular weight is 253 g/mol. The molecule has 5 nitrogen and oxygen atoms in total. The lowest BCUT2D eigenvalue weighted by Gasteiger charge is -2.35. The lowest BCUT2D eigenvalue weighted by atomic mass is 9.88. The predicted octanol–water partition coefficient (Wildman–Crippen LogP) is 0.559. The van der Waals surface area contributed by atoms with Gasteiger partial charge in [0.15, 0.2) is 0 Å². The average Bonchev–Trinajstić information content (AvgIpc) is 3.02. The summed E-state index contributed by atoms with van der Waals surface area (Å²) in [5.74, 6) is 0.855. The molecule has 0 spiro atoms. The second-order valence-corrected chi connectivity index (χ2v) is 5.75. The van der Waals surface area contributed by atoms with E-state index >= 15 is 0 Å². The van der Waals surface area contributed by atoms with Crippen molar-refractivity contribution in [3.8, 4) is 0 Å². The van der Waals surface area contributed by atoms with Crippen molar-refractivity contribution in [2.75, 3.05) is 32.7 Å². The number of nitrogens with one attached hydrogen (secondary N) is 2. The van der Waals surface area contributed by atoms with Gasteiger partial charge in [-0.05, 0) is 51.2 Å². The van der Waals surface area contributed by atoms with Gasteiger partial charge in [0.05, 0.1) is 6.54 Å². The minimum absolute atomic E-state index is 0.0543. The maximum Gasteiger partial charge on any atom is 0.407 e. The number of nitrogens with zero attached hydrogens (tertiary/aromatic N) is 1. The molecule has 3 aliphatic rings. The second kappa shape index (κ2) is 5.45. The number of cyclic esters (lactones) is 1. The standard InChI is InChI=1S/C13H23N3O2/c17-13-15-8-11(18-13)9-16-6-3-10(4-7-16)12-2-1-5-14-12/h10-12,14H,1-9H2,(H,15,17). The topological polar surface area (TPSA) is 53.6 Å². The van der Waals surface area contributed by atoms with Crippen molar-refractivity contribution < 1.29 is 9.53 Å². The molecule has 0 saturated carbocycles. The van der Waals surface area contributed by atoms with Gasteiger partial charge in [-0.2, -0.15) is 0 Å². The SMILES string of the molecule is O=C1NCC(CN2CCC(C3CCCN3)CC2)O1. The zero-order valence-electron chi connectivity index (χ0n) is 10.9. The maximum absolute atomic E-state index is 11.0. The highest BCUT2D eigenvalue weighted by atomic mass is 16.6. The third-order valence-electron chi connectivity index (χ3n) is 4.51.